The minimum atomic E-state index is -0.596. The van der Waals surface area contributed by atoms with E-state index in [2.05, 4.69) is 52.0 Å². The van der Waals surface area contributed by atoms with E-state index in [0.717, 1.165) is 15.9 Å². The molecule has 3 rings (SSSR count). The molecule has 0 saturated carbocycles. The van der Waals surface area contributed by atoms with Gasteiger partial charge in [-0.05, 0) is 30.5 Å². The van der Waals surface area contributed by atoms with Crippen molar-refractivity contribution in [3.8, 4) is 0 Å². The van der Waals surface area contributed by atoms with Crippen molar-refractivity contribution in [1.82, 2.24) is 9.97 Å². The van der Waals surface area contributed by atoms with Gasteiger partial charge < -0.3 is 10.1 Å². The molecule has 6 heteroatoms. The number of aromatic nitrogens is 2. The van der Waals surface area contributed by atoms with Crippen LogP contribution in [-0.2, 0) is 20.4 Å². The summed E-state index contributed by atoms with van der Waals surface area (Å²) >= 11 is 3.46. The molecule has 1 aliphatic heterocycles. The standard InChI is InChI=1S/C20H24BrN3O2/c1-19(2,3)17-22-12-16(13-23-17)24-18(25)20(8-10-26-11-9-20)14-4-6-15(21)7-5-14/h4-7,12-13H,8-11H2,1-3H3,(H,24,25). The molecule has 2 heterocycles. The number of anilines is 1. The molecule has 1 aromatic carbocycles. The van der Waals surface area contributed by atoms with Crippen molar-refractivity contribution in [2.45, 2.75) is 44.4 Å². The lowest BCUT2D eigenvalue weighted by molar-refractivity contribution is -0.125. The van der Waals surface area contributed by atoms with E-state index in [0.29, 0.717) is 31.7 Å². The molecule has 5 nitrogen and oxygen atoms in total. The highest BCUT2D eigenvalue weighted by atomic mass is 79.9. The molecule has 0 spiro atoms. The number of hydrogen-bond acceptors (Lipinski definition) is 4. The minimum Gasteiger partial charge on any atom is -0.381 e. The van der Waals surface area contributed by atoms with Gasteiger partial charge in [0, 0.05) is 23.1 Å². The second-order valence-electron chi connectivity index (χ2n) is 7.70. The lowest BCUT2D eigenvalue weighted by atomic mass is 9.73. The molecule has 0 aliphatic carbocycles. The summed E-state index contributed by atoms with van der Waals surface area (Å²) in [5.74, 6) is 0.722. The van der Waals surface area contributed by atoms with Gasteiger partial charge in [0.15, 0.2) is 0 Å². The van der Waals surface area contributed by atoms with Crippen LogP contribution < -0.4 is 5.32 Å². The van der Waals surface area contributed by atoms with Gasteiger partial charge in [-0.25, -0.2) is 9.97 Å². The van der Waals surface area contributed by atoms with E-state index in [4.69, 9.17) is 4.74 Å². The highest BCUT2D eigenvalue weighted by Crippen LogP contribution is 2.36. The van der Waals surface area contributed by atoms with Crippen molar-refractivity contribution < 1.29 is 9.53 Å². The second kappa shape index (κ2) is 7.45. The van der Waals surface area contributed by atoms with E-state index in [9.17, 15) is 4.79 Å². The van der Waals surface area contributed by atoms with E-state index in [1.807, 2.05) is 24.3 Å². The van der Waals surface area contributed by atoms with Gasteiger partial charge >= 0.3 is 0 Å². The molecule has 1 fully saturated rings. The molecule has 2 aromatic rings. The third-order valence-corrected chi connectivity index (χ3v) is 5.29. The number of rotatable bonds is 3. The van der Waals surface area contributed by atoms with Crippen LogP contribution >= 0.6 is 15.9 Å². The monoisotopic (exact) mass is 417 g/mol. The van der Waals surface area contributed by atoms with Crippen molar-refractivity contribution in [2.75, 3.05) is 18.5 Å². The topological polar surface area (TPSA) is 64.1 Å². The Morgan fingerprint density at radius 3 is 2.23 bits per heavy atom. The summed E-state index contributed by atoms with van der Waals surface area (Å²) in [6.07, 6.45) is 4.67. The summed E-state index contributed by atoms with van der Waals surface area (Å²) in [4.78, 5) is 22.0. The smallest absolute Gasteiger partial charge is 0.235 e. The van der Waals surface area contributed by atoms with E-state index in [-0.39, 0.29) is 11.3 Å². The molecule has 0 unspecified atom stereocenters. The molecule has 26 heavy (non-hydrogen) atoms. The van der Waals surface area contributed by atoms with E-state index >= 15 is 0 Å². The predicted molar refractivity (Wildman–Crippen MR) is 105 cm³/mol. The minimum absolute atomic E-state index is 0.0322. The lowest BCUT2D eigenvalue weighted by Gasteiger charge is -2.36. The fourth-order valence-corrected chi connectivity index (χ4v) is 3.43. The van der Waals surface area contributed by atoms with Crippen LogP contribution in [0.4, 0.5) is 5.69 Å². The number of ether oxygens (including phenoxy) is 1. The van der Waals surface area contributed by atoms with Crippen LogP contribution in [0.25, 0.3) is 0 Å². The Morgan fingerprint density at radius 1 is 1.12 bits per heavy atom. The largest absolute Gasteiger partial charge is 0.381 e. The zero-order chi connectivity index (χ0) is 18.8. The SMILES string of the molecule is CC(C)(C)c1ncc(NC(=O)C2(c3ccc(Br)cc3)CCOCC2)cn1. The fraction of sp³-hybridized carbons (Fsp3) is 0.450. The number of carbonyl (C=O) groups excluding carboxylic acids is 1. The molecule has 0 radical (unpaired) electrons. The first-order valence-corrected chi connectivity index (χ1v) is 9.58. The van der Waals surface area contributed by atoms with E-state index in [1.54, 1.807) is 12.4 Å². The average molecular weight is 418 g/mol. The van der Waals surface area contributed by atoms with Crippen LogP contribution in [0.3, 0.4) is 0 Å². The molecular formula is C20H24BrN3O2. The van der Waals surface area contributed by atoms with Gasteiger partial charge in [0.25, 0.3) is 0 Å². The van der Waals surface area contributed by atoms with Crippen LogP contribution in [0.1, 0.15) is 45.0 Å². The van der Waals surface area contributed by atoms with Gasteiger partial charge in [0.1, 0.15) is 5.82 Å². The maximum Gasteiger partial charge on any atom is 0.235 e. The summed E-state index contributed by atoms with van der Waals surface area (Å²) in [5, 5.41) is 3.01. The third kappa shape index (κ3) is 3.96. The molecule has 1 N–H and O–H groups in total. The Kier molecular flexibility index (Phi) is 5.44. The Morgan fingerprint density at radius 2 is 1.69 bits per heavy atom. The summed E-state index contributed by atoms with van der Waals surface area (Å²) in [7, 11) is 0. The van der Waals surface area contributed by atoms with Gasteiger partial charge in [-0.15, -0.1) is 0 Å². The van der Waals surface area contributed by atoms with Crippen molar-refractivity contribution in [1.29, 1.82) is 0 Å². The van der Waals surface area contributed by atoms with Crippen molar-refractivity contribution in [3.05, 3.63) is 52.5 Å². The van der Waals surface area contributed by atoms with Crippen LogP contribution in [0.5, 0.6) is 0 Å². The zero-order valence-electron chi connectivity index (χ0n) is 15.4. The third-order valence-electron chi connectivity index (χ3n) is 4.76. The van der Waals surface area contributed by atoms with Crippen molar-refractivity contribution >= 4 is 27.5 Å². The van der Waals surface area contributed by atoms with Crippen LogP contribution in [0.15, 0.2) is 41.1 Å². The molecule has 0 atom stereocenters. The van der Waals surface area contributed by atoms with Crippen LogP contribution in [0.2, 0.25) is 0 Å². The number of nitrogens with zero attached hydrogens (tertiary/aromatic N) is 2. The van der Waals surface area contributed by atoms with Crippen LogP contribution in [-0.4, -0.2) is 29.1 Å². The molecule has 0 bridgehead atoms. The fourth-order valence-electron chi connectivity index (χ4n) is 3.17. The van der Waals surface area contributed by atoms with Gasteiger partial charge in [0.05, 0.1) is 23.5 Å². The summed E-state index contributed by atoms with van der Waals surface area (Å²) < 4.78 is 6.50. The molecule has 1 aromatic heterocycles. The number of hydrogen-bond donors (Lipinski definition) is 1. The Labute approximate surface area is 162 Å². The van der Waals surface area contributed by atoms with Gasteiger partial charge in [-0.2, -0.15) is 0 Å². The molecule has 1 amide bonds. The van der Waals surface area contributed by atoms with E-state index in [1.165, 1.54) is 0 Å². The number of nitrogens with one attached hydrogen (secondary N) is 1. The van der Waals surface area contributed by atoms with Gasteiger partial charge in [0.2, 0.25) is 5.91 Å². The number of amides is 1. The van der Waals surface area contributed by atoms with E-state index < -0.39 is 5.41 Å². The van der Waals surface area contributed by atoms with Crippen molar-refractivity contribution in [3.63, 3.8) is 0 Å². The quantitative estimate of drug-likeness (QED) is 0.811. The second-order valence-corrected chi connectivity index (χ2v) is 8.62. The Bertz CT molecular complexity index is 761. The molecule has 1 saturated heterocycles. The molecule has 138 valence electrons. The Balaban J connectivity index is 1.85. The molecular weight excluding hydrogens is 394 g/mol. The number of halogens is 1. The number of benzene rings is 1. The predicted octanol–water partition coefficient (Wildman–Crippen LogP) is 4.22. The first kappa shape index (κ1) is 19.0. The van der Waals surface area contributed by atoms with Crippen LogP contribution in [0, 0.1) is 0 Å². The molecule has 1 aliphatic rings. The Hall–Kier alpha value is -1.79. The maximum atomic E-state index is 13.2. The highest BCUT2D eigenvalue weighted by molar-refractivity contribution is 9.10. The lowest BCUT2D eigenvalue weighted by Crippen LogP contribution is -2.44. The summed E-state index contributed by atoms with van der Waals surface area (Å²) in [5.41, 5.74) is 0.906. The van der Waals surface area contributed by atoms with Crippen molar-refractivity contribution in [2.24, 2.45) is 0 Å². The number of carbonyl (C=O) groups is 1. The summed E-state index contributed by atoms with van der Waals surface area (Å²) in [6, 6.07) is 7.96. The van der Waals surface area contributed by atoms with Gasteiger partial charge in [-0.1, -0.05) is 48.8 Å². The highest BCUT2D eigenvalue weighted by Gasteiger charge is 2.41. The first-order valence-electron chi connectivity index (χ1n) is 8.79. The first-order chi connectivity index (χ1) is 12.3. The zero-order valence-corrected chi connectivity index (χ0v) is 17.0. The average Bonchev–Trinajstić information content (AvgIpc) is 2.62. The normalized spacial score (nSPS) is 16.9. The maximum absolute atomic E-state index is 13.2. The van der Waals surface area contributed by atoms with Gasteiger partial charge in [-0.3, -0.25) is 4.79 Å². The summed E-state index contributed by atoms with van der Waals surface area (Å²) in [6.45, 7) is 7.33.